The second-order valence-corrected chi connectivity index (χ2v) is 7.76. The van der Waals surface area contributed by atoms with Gasteiger partial charge in [0.2, 0.25) is 0 Å². The maximum atomic E-state index is 11.3. The van der Waals surface area contributed by atoms with Crippen molar-refractivity contribution in [2.75, 3.05) is 0 Å². The Morgan fingerprint density at radius 1 is 0.792 bits per heavy atom. The quantitative estimate of drug-likeness (QED) is 0.308. The Morgan fingerprint density at radius 3 is 1.75 bits per heavy atom. The van der Waals surface area contributed by atoms with Crippen LogP contribution in [0.2, 0.25) is 0 Å². The SMILES string of the molecule is CCCCCCCCCCCCCc1ccccc1S(=O)(=O)O.[MgH2]. The summed E-state index contributed by atoms with van der Waals surface area (Å²) in [6, 6.07) is 6.73. The molecule has 0 unspecified atom stereocenters. The van der Waals surface area contributed by atoms with Crippen LogP contribution in [0.5, 0.6) is 0 Å². The number of rotatable bonds is 13. The third kappa shape index (κ3) is 10.7. The molecule has 0 amide bonds. The average molecular weight is 367 g/mol. The average Bonchev–Trinajstić information content (AvgIpc) is 2.52. The molecule has 0 aliphatic rings. The first-order chi connectivity index (χ1) is 11.1. The van der Waals surface area contributed by atoms with Crippen LogP contribution >= 0.6 is 0 Å². The Balaban J connectivity index is 0.00000529. The van der Waals surface area contributed by atoms with E-state index >= 15 is 0 Å². The molecule has 0 saturated carbocycles. The third-order valence-electron chi connectivity index (χ3n) is 4.30. The lowest BCUT2D eigenvalue weighted by Crippen LogP contribution is -2.03. The molecule has 0 aromatic heterocycles. The van der Waals surface area contributed by atoms with Gasteiger partial charge in [0.05, 0.1) is 4.90 Å². The Labute approximate surface area is 164 Å². The molecule has 5 heteroatoms. The van der Waals surface area contributed by atoms with Gasteiger partial charge in [0.1, 0.15) is 0 Å². The second kappa shape index (κ2) is 14.1. The van der Waals surface area contributed by atoms with Crippen molar-refractivity contribution in [3.8, 4) is 0 Å². The van der Waals surface area contributed by atoms with Gasteiger partial charge in [0.25, 0.3) is 10.1 Å². The Morgan fingerprint density at radius 2 is 1.25 bits per heavy atom. The number of hydrogen-bond acceptors (Lipinski definition) is 2. The first-order valence-electron chi connectivity index (χ1n) is 9.11. The lowest BCUT2D eigenvalue weighted by Gasteiger charge is -2.07. The fourth-order valence-corrected chi connectivity index (χ4v) is 3.69. The van der Waals surface area contributed by atoms with Crippen LogP contribution in [0, 0.1) is 0 Å². The minimum absolute atomic E-state index is 0. The Hall–Kier alpha value is -0.104. The molecule has 1 N–H and O–H groups in total. The molecule has 0 spiro atoms. The van der Waals surface area contributed by atoms with E-state index in [1.807, 2.05) is 6.07 Å². The minimum atomic E-state index is -4.10. The Bertz CT molecular complexity index is 529. The van der Waals surface area contributed by atoms with Crippen molar-refractivity contribution in [3.63, 3.8) is 0 Å². The zero-order chi connectivity index (χ0) is 17.0. The fourth-order valence-electron chi connectivity index (χ4n) is 2.94. The van der Waals surface area contributed by atoms with Crippen molar-refractivity contribution >= 4 is 33.2 Å². The van der Waals surface area contributed by atoms with Crippen LogP contribution in [0.1, 0.15) is 83.1 Å². The molecule has 0 aliphatic heterocycles. The normalized spacial score (nSPS) is 11.2. The molecular formula is C19H34MgO3S. The van der Waals surface area contributed by atoms with E-state index in [0.29, 0.717) is 6.42 Å². The van der Waals surface area contributed by atoms with Gasteiger partial charge in [-0.25, -0.2) is 0 Å². The van der Waals surface area contributed by atoms with Gasteiger partial charge >= 0.3 is 23.1 Å². The maximum Gasteiger partial charge on any atom is 0.316 e. The Kier molecular flexibility index (Phi) is 14.0. The van der Waals surface area contributed by atoms with Gasteiger partial charge in [-0.15, -0.1) is 0 Å². The monoisotopic (exact) mass is 366 g/mol. The summed E-state index contributed by atoms with van der Waals surface area (Å²) in [5.74, 6) is 0. The molecule has 24 heavy (non-hydrogen) atoms. The van der Waals surface area contributed by atoms with Crippen LogP contribution in [0.4, 0.5) is 0 Å². The highest BCUT2D eigenvalue weighted by Gasteiger charge is 2.13. The molecule has 0 aliphatic carbocycles. The number of unbranched alkanes of at least 4 members (excludes halogenated alkanes) is 10. The zero-order valence-electron chi connectivity index (χ0n) is 14.5. The van der Waals surface area contributed by atoms with Crippen molar-refractivity contribution < 1.29 is 13.0 Å². The van der Waals surface area contributed by atoms with E-state index in [4.69, 9.17) is 0 Å². The van der Waals surface area contributed by atoms with Crippen molar-refractivity contribution in [2.24, 2.45) is 0 Å². The topological polar surface area (TPSA) is 54.4 Å². The summed E-state index contributed by atoms with van der Waals surface area (Å²) < 4.78 is 31.8. The minimum Gasteiger partial charge on any atom is -0.282 e. The van der Waals surface area contributed by atoms with Gasteiger partial charge in [-0.1, -0.05) is 89.3 Å². The van der Waals surface area contributed by atoms with E-state index in [1.54, 1.807) is 12.1 Å². The van der Waals surface area contributed by atoms with E-state index in [0.717, 1.165) is 18.4 Å². The van der Waals surface area contributed by atoms with E-state index in [1.165, 1.54) is 63.9 Å². The van der Waals surface area contributed by atoms with Crippen LogP contribution in [0.25, 0.3) is 0 Å². The van der Waals surface area contributed by atoms with Crippen LogP contribution < -0.4 is 0 Å². The second-order valence-electron chi connectivity index (χ2n) is 6.37. The molecule has 136 valence electrons. The molecule has 0 saturated heterocycles. The predicted molar refractivity (Wildman–Crippen MR) is 105 cm³/mol. The summed E-state index contributed by atoms with van der Waals surface area (Å²) >= 11 is 0. The predicted octanol–water partition coefficient (Wildman–Crippen LogP) is 4.87. The molecule has 1 aromatic carbocycles. The van der Waals surface area contributed by atoms with Crippen molar-refractivity contribution in [1.82, 2.24) is 0 Å². The van der Waals surface area contributed by atoms with Crippen LogP contribution in [0.15, 0.2) is 29.2 Å². The lowest BCUT2D eigenvalue weighted by molar-refractivity contribution is 0.481. The summed E-state index contributed by atoms with van der Waals surface area (Å²) in [7, 11) is -4.10. The van der Waals surface area contributed by atoms with Crippen molar-refractivity contribution in [2.45, 2.75) is 88.9 Å². The smallest absolute Gasteiger partial charge is 0.282 e. The first kappa shape index (κ1) is 23.9. The van der Waals surface area contributed by atoms with Crippen LogP contribution in [0.3, 0.4) is 0 Å². The fraction of sp³-hybridized carbons (Fsp3) is 0.684. The highest BCUT2D eigenvalue weighted by molar-refractivity contribution is 7.85. The third-order valence-corrected chi connectivity index (χ3v) is 5.25. The molecule has 3 nitrogen and oxygen atoms in total. The van der Waals surface area contributed by atoms with Crippen molar-refractivity contribution in [1.29, 1.82) is 0 Å². The first-order valence-corrected chi connectivity index (χ1v) is 10.5. The van der Waals surface area contributed by atoms with Gasteiger partial charge in [-0.2, -0.15) is 8.42 Å². The highest BCUT2D eigenvalue weighted by atomic mass is 32.2. The standard InChI is InChI=1S/C19H32O3S.Mg.2H/c1-2-3-4-5-6-7-8-9-10-11-12-15-18-16-13-14-17-19(18)23(20,21)22;;;/h13-14,16-17H,2-12,15H2,1H3,(H,20,21,22);;;. The summed E-state index contributed by atoms with van der Waals surface area (Å²) in [5, 5.41) is 0. The molecule has 0 fully saturated rings. The molecule has 0 bridgehead atoms. The van der Waals surface area contributed by atoms with Gasteiger partial charge in [-0.05, 0) is 24.5 Å². The van der Waals surface area contributed by atoms with Crippen molar-refractivity contribution in [3.05, 3.63) is 29.8 Å². The molecule has 0 atom stereocenters. The van der Waals surface area contributed by atoms with E-state index in [-0.39, 0.29) is 27.9 Å². The number of hydrogen-bond donors (Lipinski definition) is 1. The lowest BCUT2D eigenvalue weighted by atomic mass is 10.0. The molecule has 1 rings (SSSR count). The number of aryl methyl sites for hydroxylation is 1. The molecule has 0 heterocycles. The summed E-state index contributed by atoms with van der Waals surface area (Å²) in [6.07, 6.45) is 14.7. The van der Waals surface area contributed by atoms with E-state index in [9.17, 15) is 13.0 Å². The van der Waals surface area contributed by atoms with Crippen LogP contribution in [-0.4, -0.2) is 36.0 Å². The highest BCUT2D eigenvalue weighted by Crippen LogP contribution is 2.18. The zero-order valence-corrected chi connectivity index (χ0v) is 15.3. The van der Waals surface area contributed by atoms with Crippen LogP contribution in [-0.2, 0) is 16.5 Å². The summed E-state index contributed by atoms with van der Waals surface area (Å²) in [4.78, 5) is 0.0621. The molecular weight excluding hydrogens is 333 g/mol. The van der Waals surface area contributed by atoms with Gasteiger partial charge in [0, 0.05) is 0 Å². The molecule has 1 aromatic rings. The van der Waals surface area contributed by atoms with Gasteiger partial charge in [-0.3, -0.25) is 4.55 Å². The van der Waals surface area contributed by atoms with E-state index < -0.39 is 10.1 Å². The van der Waals surface area contributed by atoms with E-state index in [2.05, 4.69) is 6.92 Å². The number of benzene rings is 1. The van der Waals surface area contributed by atoms with Gasteiger partial charge in [0.15, 0.2) is 0 Å². The summed E-state index contributed by atoms with van der Waals surface area (Å²) in [5.41, 5.74) is 0.728. The van der Waals surface area contributed by atoms with Gasteiger partial charge < -0.3 is 0 Å². The largest absolute Gasteiger partial charge is 0.316 e. The molecule has 0 radical (unpaired) electrons. The summed E-state index contributed by atoms with van der Waals surface area (Å²) in [6.45, 7) is 2.24. The maximum absolute atomic E-state index is 11.3.